The molecule has 0 unspecified atom stereocenters. The number of carbonyl (C=O) groups excluding carboxylic acids is 1. The number of carbonyl (C=O) groups is 1. The Morgan fingerprint density at radius 3 is 2.53 bits per heavy atom. The van der Waals surface area contributed by atoms with Gasteiger partial charge in [-0.3, -0.25) is 4.79 Å². The molecule has 0 saturated heterocycles. The van der Waals surface area contributed by atoms with Crippen LogP contribution in [0.1, 0.15) is 23.2 Å². The van der Waals surface area contributed by atoms with E-state index in [1.54, 1.807) is 0 Å². The van der Waals surface area contributed by atoms with E-state index in [0.717, 1.165) is 17.1 Å². The van der Waals surface area contributed by atoms with Gasteiger partial charge in [-0.2, -0.15) is 0 Å². The minimum atomic E-state index is -3.66. The molecular weight excluding hydrogens is 288 g/mol. The van der Waals surface area contributed by atoms with Crippen LogP contribution in [0.25, 0.3) is 0 Å². The second-order valence-electron chi connectivity index (χ2n) is 4.68. The first kappa shape index (κ1) is 14.3. The molecule has 19 heavy (non-hydrogen) atoms. The van der Waals surface area contributed by atoms with Gasteiger partial charge >= 0.3 is 0 Å². The topological polar surface area (TPSA) is 66.5 Å². The van der Waals surface area contributed by atoms with Gasteiger partial charge in [0.15, 0.2) is 0 Å². The molecule has 1 amide bonds. The van der Waals surface area contributed by atoms with Crippen molar-refractivity contribution < 1.29 is 13.2 Å². The number of benzene rings is 1. The van der Waals surface area contributed by atoms with E-state index in [2.05, 4.69) is 5.32 Å². The Labute approximate surface area is 117 Å². The summed E-state index contributed by atoms with van der Waals surface area (Å²) in [5.41, 5.74) is 0.303. The summed E-state index contributed by atoms with van der Waals surface area (Å²) >= 11 is 5.91. The standard InChI is InChI=1S/C12H15ClN2O3S/c1-15(2)19(17,18)11-7-8(3-6-10(11)13)12(16)14-9-4-5-9/h3,6-7,9H,4-5H2,1-2H3,(H,14,16). The second kappa shape index (κ2) is 5.11. The number of halogens is 1. The lowest BCUT2D eigenvalue weighted by molar-refractivity contribution is 0.0951. The summed E-state index contributed by atoms with van der Waals surface area (Å²) in [6, 6.07) is 4.49. The van der Waals surface area contributed by atoms with Crippen LogP contribution in [0, 0.1) is 0 Å². The summed E-state index contributed by atoms with van der Waals surface area (Å²) in [6.07, 6.45) is 1.95. The highest BCUT2D eigenvalue weighted by atomic mass is 35.5. The van der Waals surface area contributed by atoms with E-state index in [0.29, 0.717) is 5.56 Å². The van der Waals surface area contributed by atoms with Gasteiger partial charge < -0.3 is 5.32 Å². The van der Waals surface area contributed by atoms with Crippen molar-refractivity contribution in [3.63, 3.8) is 0 Å². The van der Waals surface area contributed by atoms with Crippen LogP contribution >= 0.6 is 11.6 Å². The zero-order chi connectivity index (χ0) is 14.2. The predicted molar refractivity (Wildman–Crippen MR) is 72.8 cm³/mol. The average molecular weight is 303 g/mol. The van der Waals surface area contributed by atoms with Crippen molar-refractivity contribution in [3.8, 4) is 0 Å². The van der Waals surface area contributed by atoms with Crippen molar-refractivity contribution in [2.75, 3.05) is 14.1 Å². The lowest BCUT2D eigenvalue weighted by atomic mass is 10.2. The smallest absolute Gasteiger partial charge is 0.251 e. The molecule has 1 aromatic carbocycles. The zero-order valence-electron chi connectivity index (χ0n) is 10.7. The molecule has 5 nitrogen and oxygen atoms in total. The van der Waals surface area contributed by atoms with E-state index in [1.807, 2.05) is 0 Å². The van der Waals surface area contributed by atoms with E-state index in [1.165, 1.54) is 32.3 Å². The molecule has 0 aliphatic heterocycles. The molecule has 0 heterocycles. The third-order valence-electron chi connectivity index (χ3n) is 2.86. The quantitative estimate of drug-likeness (QED) is 0.916. The molecule has 0 radical (unpaired) electrons. The molecule has 1 fully saturated rings. The lowest BCUT2D eigenvalue weighted by Gasteiger charge is -2.13. The Bertz CT molecular complexity index is 609. The van der Waals surface area contributed by atoms with Crippen molar-refractivity contribution in [3.05, 3.63) is 28.8 Å². The number of hydrogen-bond acceptors (Lipinski definition) is 3. The summed E-state index contributed by atoms with van der Waals surface area (Å²) in [5.74, 6) is -0.269. The van der Waals surface area contributed by atoms with Crippen LogP contribution in [0.5, 0.6) is 0 Å². The highest BCUT2D eigenvalue weighted by Gasteiger charge is 2.26. The summed E-state index contributed by atoms with van der Waals surface area (Å²) < 4.78 is 25.2. The number of nitrogens with one attached hydrogen (secondary N) is 1. The zero-order valence-corrected chi connectivity index (χ0v) is 12.3. The van der Waals surface area contributed by atoms with Gasteiger partial charge in [-0.25, -0.2) is 12.7 Å². The molecule has 1 aromatic rings. The van der Waals surface area contributed by atoms with Crippen molar-refractivity contribution in [1.82, 2.24) is 9.62 Å². The number of rotatable bonds is 4. The van der Waals surface area contributed by atoms with Crippen LogP contribution in [-0.2, 0) is 10.0 Å². The van der Waals surface area contributed by atoms with Crippen molar-refractivity contribution in [1.29, 1.82) is 0 Å². The number of sulfonamides is 1. The van der Waals surface area contributed by atoms with Gasteiger partial charge in [0, 0.05) is 25.7 Å². The maximum absolute atomic E-state index is 12.1. The molecule has 1 saturated carbocycles. The van der Waals surface area contributed by atoms with Gasteiger partial charge in [-0.1, -0.05) is 11.6 Å². The van der Waals surface area contributed by atoms with Crippen LogP contribution in [0.15, 0.2) is 23.1 Å². The number of nitrogens with zero attached hydrogens (tertiary/aromatic N) is 1. The third-order valence-corrected chi connectivity index (χ3v) is 5.16. The van der Waals surface area contributed by atoms with Crippen molar-refractivity contribution in [2.45, 2.75) is 23.8 Å². The molecule has 0 aromatic heterocycles. The highest BCUT2D eigenvalue weighted by Crippen LogP contribution is 2.25. The fraction of sp³-hybridized carbons (Fsp3) is 0.417. The molecule has 0 bridgehead atoms. The van der Waals surface area contributed by atoms with Gasteiger partial charge in [-0.15, -0.1) is 0 Å². The fourth-order valence-electron chi connectivity index (χ4n) is 1.54. The molecule has 2 rings (SSSR count). The first-order chi connectivity index (χ1) is 8.82. The number of amides is 1. The van der Waals surface area contributed by atoms with Gasteiger partial charge in [0.1, 0.15) is 4.90 Å². The van der Waals surface area contributed by atoms with Gasteiger partial charge in [0.05, 0.1) is 5.02 Å². The largest absolute Gasteiger partial charge is 0.349 e. The monoisotopic (exact) mass is 302 g/mol. The van der Waals surface area contributed by atoms with Gasteiger partial charge in [0.25, 0.3) is 5.91 Å². The van der Waals surface area contributed by atoms with Crippen LogP contribution in [-0.4, -0.2) is 38.8 Å². The third kappa shape index (κ3) is 3.08. The molecule has 0 spiro atoms. The maximum Gasteiger partial charge on any atom is 0.251 e. The highest BCUT2D eigenvalue weighted by molar-refractivity contribution is 7.89. The molecule has 1 aliphatic carbocycles. The fourth-order valence-corrected chi connectivity index (χ4v) is 2.93. The van der Waals surface area contributed by atoms with Gasteiger partial charge in [0.2, 0.25) is 10.0 Å². The lowest BCUT2D eigenvalue weighted by Crippen LogP contribution is -2.26. The maximum atomic E-state index is 12.1. The van der Waals surface area contributed by atoms with E-state index in [-0.39, 0.29) is 21.9 Å². The van der Waals surface area contributed by atoms with Crippen LogP contribution in [0.2, 0.25) is 5.02 Å². The summed E-state index contributed by atoms with van der Waals surface area (Å²) in [5, 5.41) is 2.92. The summed E-state index contributed by atoms with van der Waals surface area (Å²) in [4.78, 5) is 11.8. The van der Waals surface area contributed by atoms with E-state index < -0.39 is 10.0 Å². The molecule has 7 heteroatoms. The molecule has 1 aliphatic rings. The predicted octanol–water partition coefficient (Wildman–Crippen LogP) is 1.48. The van der Waals surface area contributed by atoms with E-state index in [9.17, 15) is 13.2 Å². The Morgan fingerprint density at radius 1 is 1.37 bits per heavy atom. The molecular formula is C12H15ClN2O3S. The van der Waals surface area contributed by atoms with Crippen molar-refractivity contribution >= 4 is 27.5 Å². The van der Waals surface area contributed by atoms with E-state index in [4.69, 9.17) is 11.6 Å². The first-order valence-corrected chi connectivity index (χ1v) is 7.67. The second-order valence-corrected chi connectivity index (χ2v) is 7.21. The minimum absolute atomic E-state index is 0.0531. The van der Waals surface area contributed by atoms with Crippen LogP contribution < -0.4 is 5.32 Å². The molecule has 1 N–H and O–H groups in total. The Balaban J connectivity index is 2.36. The number of hydrogen-bond donors (Lipinski definition) is 1. The Morgan fingerprint density at radius 2 is 2.00 bits per heavy atom. The van der Waals surface area contributed by atoms with Crippen LogP contribution in [0.4, 0.5) is 0 Å². The van der Waals surface area contributed by atoms with Gasteiger partial charge in [-0.05, 0) is 31.0 Å². The molecule has 0 atom stereocenters. The normalized spacial score (nSPS) is 15.6. The Hall–Kier alpha value is -1.11. The van der Waals surface area contributed by atoms with Crippen molar-refractivity contribution in [2.24, 2.45) is 0 Å². The van der Waals surface area contributed by atoms with Crippen LogP contribution in [0.3, 0.4) is 0 Å². The average Bonchev–Trinajstić information content (AvgIpc) is 3.12. The summed E-state index contributed by atoms with van der Waals surface area (Å²) in [6.45, 7) is 0. The van der Waals surface area contributed by atoms with E-state index >= 15 is 0 Å². The Kier molecular flexibility index (Phi) is 3.85. The minimum Gasteiger partial charge on any atom is -0.349 e. The SMILES string of the molecule is CN(C)S(=O)(=O)c1cc(C(=O)NC2CC2)ccc1Cl. The summed E-state index contributed by atoms with van der Waals surface area (Å²) in [7, 11) is -0.817. The first-order valence-electron chi connectivity index (χ1n) is 5.85. The molecule has 104 valence electrons.